The molecule has 0 amide bonds. The smallest absolute Gasteiger partial charge is 0.258 e. The van der Waals surface area contributed by atoms with E-state index in [0.717, 1.165) is 16.6 Å². The second-order valence-corrected chi connectivity index (χ2v) is 5.89. The lowest BCUT2D eigenvalue weighted by Crippen LogP contribution is -2.16. The molecule has 2 heterocycles. The van der Waals surface area contributed by atoms with E-state index < -0.39 is 0 Å². The van der Waals surface area contributed by atoms with E-state index in [1.807, 2.05) is 36.4 Å². The summed E-state index contributed by atoms with van der Waals surface area (Å²) in [6.45, 7) is 0.412. The van der Waals surface area contributed by atoms with Crippen LogP contribution in [0.2, 0.25) is 0 Å². The molecule has 0 atom stereocenters. The molecule has 128 valence electrons. The highest BCUT2D eigenvalue weighted by molar-refractivity contribution is 5.81. The summed E-state index contributed by atoms with van der Waals surface area (Å²) in [5.41, 5.74) is 2.26. The predicted molar refractivity (Wildman–Crippen MR) is 99.8 cm³/mol. The van der Waals surface area contributed by atoms with E-state index in [0.29, 0.717) is 17.9 Å². The van der Waals surface area contributed by atoms with Crippen molar-refractivity contribution >= 4 is 10.9 Å². The molecule has 0 spiro atoms. The van der Waals surface area contributed by atoms with Gasteiger partial charge in [0.1, 0.15) is 12.4 Å². The molecule has 0 aliphatic rings. The van der Waals surface area contributed by atoms with E-state index in [4.69, 9.17) is 4.74 Å². The number of nitrogens with zero attached hydrogens (tertiary/aromatic N) is 2. The molecule has 2 aromatic heterocycles. The van der Waals surface area contributed by atoms with Crippen LogP contribution in [0.15, 0.2) is 83.8 Å². The summed E-state index contributed by atoms with van der Waals surface area (Å²) in [6.07, 6.45) is 1.69. The van der Waals surface area contributed by atoms with Crippen LogP contribution in [0.1, 0.15) is 5.56 Å². The molecule has 5 heteroatoms. The molecule has 26 heavy (non-hydrogen) atoms. The largest absolute Gasteiger partial charge is 0.493 e. The minimum absolute atomic E-state index is 0.0256. The summed E-state index contributed by atoms with van der Waals surface area (Å²) in [4.78, 5) is 16.5. The number of ether oxygens (including phenoxy) is 1. The van der Waals surface area contributed by atoms with Crippen LogP contribution < -0.4 is 10.3 Å². The lowest BCUT2D eigenvalue weighted by molar-refractivity contribution is 0.305. The first-order chi connectivity index (χ1) is 12.7. The van der Waals surface area contributed by atoms with Gasteiger partial charge in [0.25, 0.3) is 5.56 Å². The lowest BCUT2D eigenvalue weighted by atomic mass is 10.2. The van der Waals surface area contributed by atoms with Gasteiger partial charge in [0.15, 0.2) is 0 Å². The monoisotopic (exact) mass is 344 g/mol. The minimum Gasteiger partial charge on any atom is -0.493 e. The molecule has 0 saturated carbocycles. The highest BCUT2D eigenvalue weighted by Gasteiger charge is 2.05. The van der Waals surface area contributed by atoms with E-state index in [-0.39, 0.29) is 11.4 Å². The van der Waals surface area contributed by atoms with Gasteiger partial charge in [-0.25, -0.2) is 4.98 Å². The van der Waals surface area contributed by atoms with Crippen LogP contribution in [0.4, 0.5) is 0 Å². The normalized spacial score (nSPS) is 10.8. The molecule has 4 rings (SSSR count). The zero-order valence-electron chi connectivity index (χ0n) is 13.9. The Morgan fingerprint density at radius 3 is 2.62 bits per heavy atom. The van der Waals surface area contributed by atoms with E-state index in [9.17, 15) is 9.90 Å². The molecule has 5 nitrogen and oxygen atoms in total. The number of fused-ring (bicyclic) bond motifs is 1. The third kappa shape index (κ3) is 3.28. The molecule has 0 fully saturated rings. The Hall–Kier alpha value is -3.60. The van der Waals surface area contributed by atoms with Gasteiger partial charge < -0.3 is 9.84 Å². The summed E-state index contributed by atoms with van der Waals surface area (Å²) in [5, 5.41) is 10.3. The Labute approximate surface area is 149 Å². The van der Waals surface area contributed by atoms with Gasteiger partial charge in [-0.05, 0) is 35.9 Å². The number of rotatable bonds is 4. The van der Waals surface area contributed by atoms with Crippen molar-refractivity contribution in [2.24, 2.45) is 0 Å². The zero-order chi connectivity index (χ0) is 17.9. The molecular weight excluding hydrogens is 328 g/mol. The molecule has 0 aliphatic carbocycles. The van der Waals surface area contributed by atoms with Gasteiger partial charge in [0.05, 0.1) is 5.52 Å². The Bertz CT molecular complexity index is 1120. The quantitative estimate of drug-likeness (QED) is 0.613. The van der Waals surface area contributed by atoms with E-state index in [2.05, 4.69) is 4.98 Å². The third-order valence-corrected chi connectivity index (χ3v) is 4.08. The van der Waals surface area contributed by atoms with Crippen LogP contribution in [-0.4, -0.2) is 14.7 Å². The molecule has 0 unspecified atom stereocenters. The average molecular weight is 344 g/mol. The minimum atomic E-state index is -0.179. The maximum absolute atomic E-state index is 12.5. The van der Waals surface area contributed by atoms with Crippen LogP contribution in [-0.2, 0) is 6.61 Å². The fourth-order valence-corrected chi connectivity index (χ4v) is 2.76. The van der Waals surface area contributed by atoms with E-state index in [1.54, 1.807) is 35.0 Å². The molecule has 0 saturated heterocycles. The van der Waals surface area contributed by atoms with Gasteiger partial charge in [-0.15, -0.1) is 0 Å². The Morgan fingerprint density at radius 1 is 0.962 bits per heavy atom. The topological polar surface area (TPSA) is 64.4 Å². The van der Waals surface area contributed by atoms with Gasteiger partial charge in [-0.2, -0.15) is 0 Å². The Morgan fingerprint density at radius 2 is 1.81 bits per heavy atom. The van der Waals surface area contributed by atoms with Crippen molar-refractivity contribution < 1.29 is 9.84 Å². The van der Waals surface area contributed by atoms with Gasteiger partial charge in [0.2, 0.25) is 5.88 Å². The van der Waals surface area contributed by atoms with E-state index in [1.165, 1.54) is 12.1 Å². The first kappa shape index (κ1) is 15.9. The number of hydrogen-bond acceptors (Lipinski definition) is 4. The lowest BCUT2D eigenvalue weighted by Gasteiger charge is -2.10. The molecule has 0 radical (unpaired) electrons. The molecule has 0 bridgehead atoms. The van der Waals surface area contributed by atoms with Crippen LogP contribution in [0.3, 0.4) is 0 Å². The maximum atomic E-state index is 12.5. The Kier molecular flexibility index (Phi) is 4.11. The van der Waals surface area contributed by atoms with E-state index >= 15 is 0 Å². The first-order valence-corrected chi connectivity index (χ1v) is 8.19. The van der Waals surface area contributed by atoms with Crippen LogP contribution >= 0.6 is 0 Å². The SMILES string of the molecule is O=c1cc(OCc2ccccc2)ccn1-c1ccc2nc(O)ccc2c1. The second kappa shape index (κ2) is 6.72. The summed E-state index contributed by atoms with van der Waals surface area (Å²) in [5.74, 6) is 0.504. The average Bonchev–Trinajstić information content (AvgIpc) is 2.67. The standard InChI is InChI=1S/C21H16N2O3/c24-20-9-6-16-12-17(7-8-19(16)22-20)23-11-10-18(13-21(23)25)26-14-15-4-2-1-3-5-15/h1-13H,14H2,(H,22,24). The van der Waals surface area contributed by atoms with Gasteiger partial charge >= 0.3 is 0 Å². The second-order valence-electron chi connectivity index (χ2n) is 5.89. The summed E-state index contributed by atoms with van der Waals surface area (Å²) < 4.78 is 7.24. The van der Waals surface area contributed by atoms with Crippen molar-refractivity contribution in [1.82, 2.24) is 9.55 Å². The van der Waals surface area contributed by atoms with Gasteiger partial charge in [-0.3, -0.25) is 9.36 Å². The highest BCUT2D eigenvalue weighted by Crippen LogP contribution is 2.19. The fourth-order valence-electron chi connectivity index (χ4n) is 2.76. The van der Waals surface area contributed by atoms with Crippen molar-refractivity contribution in [3.05, 3.63) is 94.9 Å². The number of pyridine rings is 2. The predicted octanol–water partition coefficient (Wildman–Crippen LogP) is 3.67. The molecule has 2 aromatic carbocycles. The van der Waals surface area contributed by atoms with Crippen molar-refractivity contribution in [1.29, 1.82) is 0 Å². The first-order valence-electron chi connectivity index (χ1n) is 8.19. The van der Waals surface area contributed by atoms with Crippen molar-refractivity contribution in [2.75, 3.05) is 0 Å². The van der Waals surface area contributed by atoms with Crippen LogP contribution in [0, 0.1) is 0 Å². The van der Waals surface area contributed by atoms with Gasteiger partial charge in [-0.1, -0.05) is 30.3 Å². The fraction of sp³-hybridized carbons (Fsp3) is 0.0476. The molecule has 0 aliphatic heterocycles. The highest BCUT2D eigenvalue weighted by atomic mass is 16.5. The number of aromatic hydroxyl groups is 1. The third-order valence-electron chi connectivity index (χ3n) is 4.08. The molecular formula is C21H16N2O3. The van der Waals surface area contributed by atoms with Crippen LogP contribution in [0.25, 0.3) is 16.6 Å². The molecule has 4 aromatic rings. The number of aromatic nitrogens is 2. The number of hydrogen-bond donors (Lipinski definition) is 1. The maximum Gasteiger partial charge on any atom is 0.258 e. The molecule has 1 N–H and O–H groups in total. The Balaban J connectivity index is 1.59. The summed E-state index contributed by atoms with van der Waals surface area (Å²) in [7, 11) is 0. The number of benzene rings is 2. The van der Waals surface area contributed by atoms with Crippen molar-refractivity contribution in [3.63, 3.8) is 0 Å². The summed E-state index contributed by atoms with van der Waals surface area (Å²) >= 11 is 0. The zero-order valence-corrected chi connectivity index (χ0v) is 13.9. The van der Waals surface area contributed by atoms with Crippen molar-refractivity contribution in [3.8, 4) is 17.3 Å². The van der Waals surface area contributed by atoms with Gasteiger partial charge in [0, 0.05) is 29.4 Å². The van der Waals surface area contributed by atoms with Crippen molar-refractivity contribution in [2.45, 2.75) is 6.61 Å². The van der Waals surface area contributed by atoms with Crippen LogP contribution in [0.5, 0.6) is 11.6 Å². The summed E-state index contributed by atoms with van der Waals surface area (Å²) in [6, 6.07) is 21.8.